The fourth-order valence-electron chi connectivity index (χ4n) is 2.96. The van der Waals surface area contributed by atoms with Gasteiger partial charge in [-0.3, -0.25) is 4.98 Å². The van der Waals surface area contributed by atoms with Crippen LogP contribution >= 0.6 is 0 Å². The summed E-state index contributed by atoms with van der Waals surface area (Å²) in [5.41, 5.74) is 4.42. The van der Waals surface area contributed by atoms with Gasteiger partial charge in [-0.1, -0.05) is 30.3 Å². The molecule has 4 heteroatoms. The molecule has 1 aromatic heterocycles. The number of hydrogen-bond acceptors (Lipinski definition) is 3. The lowest BCUT2D eigenvalue weighted by Gasteiger charge is -2.34. The van der Waals surface area contributed by atoms with E-state index in [4.69, 9.17) is 4.42 Å². The van der Waals surface area contributed by atoms with Crippen molar-refractivity contribution in [2.45, 2.75) is 18.4 Å². The molecule has 0 saturated carbocycles. The van der Waals surface area contributed by atoms with Gasteiger partial charge in [0.25, 0.3) is 0 Å². The summed E-state index contributed by atoms with van der Waals surface area (Å²) in [6.07, 6.45) is 0.307. The SMILES string of the molecule is O=c1[nH]c2ccc(C(O)C3Cc4ccccc43)cc2o1. The number of aliphatic hydroxyl groups excluding tert-OH is 1. The molecule has 2 unspecified atom stereocenters. The molecular weight excluding hydrogens is 254 g/mol. The normalized spacial score (nSPS) is 18.6. The number of fused-ring (bicyclic) bond motifs is 2. The number of aromatic nitrogens is 1. The minimum atomic E-state index is -0.575. The summed E-state index contributed by atoms with van der Waals surface area (Å²) in [4.78, 5) is 13.7. The predicted octanol–water partition coefficient (Wildman–Crippen LogP) is 2.49. The fourth-order valence-corrected chi connectivity index (χ4v) is 2.96. The maximum atomic E-state index is 11.2. The topological polar surface area (TPSA) is 66.2 Å². The van der Waals surface area contributed by atoms with Crippen molar-refractivity contribution in [3.63, 3.8) is 0 Å². The second-order valence-electron chi connectivity index (χ2n) is 5.22. The first kappa shape index (κ1) is 11.5. The number of aliphatic hydroxyl groups is 1. The molecule has 0 fully saturated rings. The van der Waals surface area contributed by atoms with Crippen LogP contribution in [0.2, 0.25) is 0 Å². The molecule has 1 heterocycles. The van der Waals surface area contributed by atoms with Gasteiger partial charge in [0, 0.05) is 5.92 Å². The number of rotatable bonds is 2. The molecule has 0 amide bonds. The van der Waals surface area contributed by atoms with Crippen molar-refractivity contribution in [3.8, 4) is 0 Å². The van der Waals surface area contributed by atoms with Crippen LogP contribution in [0.4, 0.5) is 0 Å². The van der Waals surface area contributed by atoms with Crippen LogP contribution in [0.3, 0.4) is 0 Å². The fraction of sp³-hybridized carbons (Fsp3) is 0.188. The van der Waals surface area contributed by atoms with E-state index >= 15 is 0 Å². The van der Waals surface area contributed by atoms with Crippen molar-refractivity contribution >= 4 is 11.1 Å². The Morgan fingerprint density at radius 1 is 1.25 bits per heavy atom. The molecule has 0 spiro atoms. The Morgan fingerprint density at radius 3 is 2.95 bits per heavy atom. The van der Waals surface area contributed by atoms with Crippen molar-refractivity contribution in [1.82, 2.24) is 4.98 Å². The van der Waals surface area contributed by atoms with Crippen LogP contribution in [0.5, 0.6) is 0 Å². The van der Waals surface area contributed by atoms with Gasteiger partial charge in [0.05, 0.1) is 11.6 Å². The first-order valence-electron chi connectivity index (χ1n) is 6.61. The van der Waals surface area contributed by atoms with E-state index in [2.05, 4.69) is 17.1 Å². The first-order valence-corrected chi connectivity index (χ1v) is 6.61. The van der Waals surface area contributed by atoms with Gasteiger partial charge < -0.3 is 9.52 Å². The monoisotopic (exact) mass is 267 g/mol. The summed E-state index contributed by atoms with van der Waals surface area (Å²) in [6, 6.07) is 13.5. The average Bonchev–Trinajstić information content (AvgIpc) is 2.79. The lowest BCUT2D eigenvalue weighted by molar-refractivity contribution is 0.134. The number of nitrogens with one attached hydrogen (secondary N) is 1. The highest BCUT2D eigenvalue weighted by Gasteiger charge is 2.32. The number of hydrogen-bond donors (Lipinski definition) is 2. The van der Waals surface area contributed by atoms with Crippen LogP contribution in [0.1, 0.15) is 28.7 Å². The van der Waals surface area contributed by atoms with Crippen LogP contribution in [-0.4, -0.2) is 10.1 Å². The van der Waals surface area contributed by atoms with Gasteiger partial charge >= 0.3 is 5.76 Å². The zero-order valence-corrected chi connectivity index (χ0v) is 10.7. The van der Waals surface area contributed by atoms with Gasteiger partial charge in [-0.2, -0.15) is 0 Å². The Hall–Kier alpha value is -2.33. The van der Waals surface area contributed by atoms with E-state index in [-0.39, 0.29) is 5.92 Å². The zero-order valence-electron chi connectivity index (χ0n) is 10.7. The molecule has 0 saturated heterocycles. The Bertz CT molecular complexity index is 846. The third-order valence-corrected chi connectivity index (χ3v) is 4.06. The van der Waals surface area contributed by atoms with Gasteiger partial charge in [0.15, 0.2) is 5.58 Å². The van der Waals surface area contributed by atoms with Gasteiger partial charge in [0.1, 0.15) is 0 Å². The maximum Gasteiger partial charge on any atom is 0.417 e. The second kappa shape index (κ2) is 4.08. The molecule has 1 aliphatic rings. The molecule has 3 aromatic rings. The third-order valence-electron chi connectivity index (χ3n) is 4.06. The van der Waals surface area contributed by atoms with E-state index in [1.54, 1.807) is 12.1 Å². The average molecular weight is 267 g/mol. The summed E-state index contributed by atoms with van der Waals surface area (Å²) in [7, 11) is 0. The Balaban J connectivity index is 1.71. The molecule has 0 bridgehead atoms. The minimum absolute atomic E-state index is 0.120. The van der Waals surface area contributed by atoms with Crippen LogP contribution in [-0.2, 0) is 6.42 Å². The summed E-state index contributed by atoms with van der Waals surface area (Å²) >= 11 is 0. The third kappa shape index (κ3) is 1.62. The minimum Gasteiger partial charge on any atom is -0.408 e. The highest BCUT2D eigenvalue weighted by atomic mass is 16.4. The Kier molecular flexibility index (Phi) is 2.35. The molecule has 2 N–H and O–H groups in total. The van der Waals surface area contributed by atoms with Gasteiger partial charge in [-0.15, -0.1) is 0 Å². The van der Waals surface area contributed by atoms with E-state index in [0.717, 1.165) is 12.0 Å². The summed E-state index contributed by atoms with van der Waals surface area (Å²) in [5, 5.41) is 10.5. The molecule has 4 rings (SSSR count). The zero-order chi connectivity index (χ0) is 13.7. The Labute approximate surface area is 114 Å². The van der Waals surface area contributed by atoms with Crippen LogP contribution < -0.4 is 5.76 Å². The molecule has 2 atom stereocenters. The van der Waals surface area contributed by atoms with Crippen molar-refractivity contribution in [1.29, 1.82) is 0 Å². The molecule has 0 aliphatic heterocycles. The van der Waals surface area contributed by atoms with E-state index in [1.165, 1.54) is 11.1 Å². The molecule has 4 nitrogen and oxygen atoms in total. The van der Waals surface area contributed by atoms with E-state index < -0.39 is 11.9 Å². The molecule has 1 aliphatic carbocycles. The summed E-state index contributed by atoms with van der Waals surface area (Å²) in [6.45, 7) is 0. The van der Waals surface area contributed by atoms with Crippen molar-refractivity contribution in [2.75, 3.05) is 0 Å². The predicted molar refractivity (Wildman–Crippen MR) is 74.7 cm³/mol. The number of H-pyrrole nitrogens is 1. The number of aromatic amines is 1. The van der Waals surface area contributed by atoms with Crippen molar-refractivity contribution < 1.29 is 9.52 Å². The van der Waals surface area contributed by atoms with Crippen LogP contribution in [0, 0.1) is 0 Å². The van der Waals surface area contributed by atoms with Crippen LogP contribution in [0.15, 0.2) is 51.7 Å². The number of oxazole rings is 1. The molecule has 2 aromatic carbocycles. The highest BCUT2D eigenvalue weighted by molar-refractivity contribution is 5.73. The van der Waals surface area contributed by atoms with Gasteiger partial charge in [-0.05, 0) is 35.2 Å². The summed E-state index contributed by atoms with van der Waals surface area (Å²) < 4.78 is 5.04. The van der Waals surface area contributed by atoms with Crippen molar-refractivity contribution in [3.05, 3.63) is 69.7 Å². The van der Waals surface area contributed by atoms with E-state index in [1.807, 2.05) is 18.2 Å². The van der Waals surface area contributed by atoms with Crippen LogP contribution in [0.25, 0.3) is 11.1 Å². The second-order valence-corrected chi connectivity index (χ2v) is 5.22. The number of benzene rings is 2. The Morgan fingerprint density at radius 2 is 2.10 bits per heavy atom. The largest absolute Gasteiger partial charge is 0.417 e. The first-order chi connectivity index (χ1) is 9.72. The standard InChI is InChI=1S/C16H13NO3/c18-15(12-7-9-3-1-2-4-11(9)12)10-5-6-13-14(8-10)20-16(19)17-13/h1-6,8,12,15,18H,7H2,(H,17,19). The molecule has 100 valence electrons. The summed E-state index contributed by atoms with van der Waals surface area (Å²) in [5.74, 6) is -0.352. The molecule has 20 heavy (non-hydrogen) atoms. The van der Waals surface area contributed by atoms with Gasteiger partial charge in [0.2, 0.25) is 0 Å². The lowest BCUT2D eigenvalue weighted by atomic mass is 9.73. The van der Waals surface area contributed by atoms with Crippen molar-refractivity contribution in [2.24, 2.45) is 0 Å². The smallest absolute Gasteiger partial charge is 0.408 e. The maximum absolute atomic E-state index is 11.2. The quantitative estimate of drug-likeness (QED) is 0.749. The van der Waals surface area contributed by atoms with Gasteiger partial charge in [-0.25, -0.2) is 4.79 Å². The van der Waals surface area contributed by atoms with E-state index in [0.29, 0.717) is 11.1 Å². The van der Waals surface area contributed by atoms with E-state index in [9.17, 15) is 9.90 Å². The molecule has 0 radical (unpaired) electrons. The molecular formula is C16H13NO3. The highest BCUT2D eigenvalue weighted by Crippen LogP contribution is 2.43. The lowest BCUT2D eigenvalue weighted by Crippen LogP contribution is -2.23.